The number of carbonyl (C=O) groups is 2. The molecule has 0 saturated carbocycles. The minimum atomic E-state index is -0.0692. The summed E-state index contributed by atoms with van der Waals surface area (Å²) in [6.07, 6.45) is 5.71. The molecular formula is C25H40N4O3. The predicted octanol–water partition coefficient (Wildman–Crippen LogP) is 2.48. The zero-order chi connectivity index (χ0) is 22.9. The summed E-state index contributed by atoms with van der Waals surface area (Å²) >= 11 is 0. The van der Waals surface area contributed by atoms with E-state index < -0.39 is 0 Å². The van der Waals surface area contributed by atoms with Crippen molar-refractivity contribution in [2.75, 3.05) is 57.3 Å². The van der Waals surface area contributed by atoms with Gasteiger partial charge in [-0.2, -0.15) is 0 Å². The molecule has 7 heteroatoms. The number of benzene rings is 1. The van der Waals surface area contributed by atoms with Crippen molar-refractivity contribution in [3.05, 3.63) is 29.3 Å². The molecule has 0 spiro atoms. The lowest BCUT2D eigenvalue weighted by Gasteiger charge is -2.34. The van der Waals surface area contributed by atoms with Crippen molar-refractivity contribution < 1.29 is 14.7 Å². The van der Waals surface area contributed by atoms with E-state index in [1.54, 1.807) is 0 Å². The number of carbonyl (C=O) groups excluding carboxylic acids is 2. The second kappa shape index (κ2) is 12.3. The van der Waals surface area contributed by atoms with Crippen molar-refractivity contribution in [3.63, 3.8) is 0 Å². The fourth-order valence-corrected chi connectivity index (χ4v) is 4.56. The molecule has 2 amide bonds. The second-order valence-electron chi connectivity index (χ2n) is 9.29. The number of rotatable bonds is 4. The maximum Gasteiger partial charge on any atom is 0.253 e. The minimum Gasteiger partial charge on any atom is -0.395 e. The maximum absolute atomic E-state index is 13.2. The van der Waals surface area contributed by atoms with E-state index in [0.717, 1.165) is 56.7 Å². The summed E-state index contributed by atoms with van der Waals surface area (Å²) in [5.41, 5.74) is 2.63. The van der Waals surface area contributed by atoms with E-state index in [2.05, 4.69) is 10.2 Å². The smallest absolute Gasteiger partial charge is 0.253 e. The number of anilines is 1. The monoisotopic (exact) mass is 444 g/mol. The molecule has 1 aromatic rings. The van der Waals surface area contributed by atoms with Gasteiger partial charge in [-0.1, -0.05) is 33.1 Å². The van der Waals surface area contributed by atoms with Crippen LogP contribution in [0.4, 0.5) is 5.69 Å². The molecule has 2 aliphatic rings. The number of amides is 2. The largest absolute Gasteiger partial charge is 0.395 e. The van der Waals surface area contributed by atoms with Crippen molar-refractivity contribution in [2.24, 2.45) is 5.92 Å². The van der Waals surface area contributed by atoms with E-state index in [9.17, 15) is 9.59 Å². The van der Waals surface area contributed by atoms with Gasteiger partial charge in [0, 0.05) is 63.0 Å². The summed E-state index contributed by atoms with van der Waals surface area (Å²) in [5, 5.41) is 12.7. The quantitative estimate of drug-likeness (QED) is 0.746. The first-order valence-corrected chi connectivity index (χ1v) is 12.3. The second-order valence-corrected chi connectivity index (χ2v) is 9.29. The van der Waals surface area contributed by atoms with Gasteiger partial charge in [0.2, 0.25) is 5.91 Å². The molecule has 0 aromatic heterocycles. The number of aliphatic hydroxyl groups excluding tert-OH is 1. The number of aliphatic hydroxyl groups is 1. The van der Waals surface area contributed by atoms with E-state index in [-0.39, 0.29) is 24.3 Å². The third kappa shape index (κ3) is 6.53. The van der Waals surface area contributed by atoms with Crippen LogP contribution in [-0.2, 0) is 11.3 Å². The lowest BCUT2D eigenvalue weighted by atomic mass is 10.0. The Morgan fingerprint density at radius 1 is 1.00 bits per heavy atom. The average molecular weight is 445 g/mol. The van der Waals surface area contributed by atoms with Gasteiger partial charge in [-0.05, 0) is 43.1 Å². The SMILES string of the molecule is CC(C)C(=O)N1CCCCCCCNCc2cc(C(=O)N3CCN(CCO)CC3)ccc21. The maximum atomic E-state index is 13.2. The summed E-state index contributed by atoms with van der Waals surface area (Å²) in [7, 11) is 0. The van der Waals surface area contributed by atoms with Crippen molar-refractivity contribution in [2.45, 2.75) is 52.5 Å². The minimum absolute atomic E-state index is 0.0456. The molecular weight excluding hydrogens is 404 g/mol. The molecule has 0 unspecified atom stereocenters. The molecule has 0 atom stereocenters. The molecule has 2 N–H and O–H groups in total. The van der Waals surface area contributed by atoms with Crippen LogP contribution in [0.3, 0.4) is 0 Å². The zero-order valence-electron chi connectivity index (χ0n) is 19.8. The number of nitrogens with zero attached hydrogens (tertiary/aromatic N) is 3. The molecule has 3 rings (SSSR count). The Bertz CT molecular complexity index is 760. The fourth-order valence-electron chi connectivity index (χ4n) is 4.56. The van der Waals surface area contributed by atoms with E-state index in [0.29, 0.717) is 31.7 Å². The number of fused-ring (bicyclic) bond motifs is 1. The summed E-state index contributed by atoms with van der Waals surface area (Å²) < 4.78 is 0. The van der Waals surface area contributed by atoms with Gasteiger partial charge in [0.15, 0.2) is 0 Å². The first kappa shape index (κ1) is 24.7. The zero-order valence-corrected chi connectivity index (χ0v) is 19.8. The first-order chi connectivity index (χ1) is 15.5. The van der Waals surface area contributed by atoms with Crippen molar-refractivity contribution in [1.29, 1.82) is 0 Å². The van der Waals surface area contributed by atoms with E-state index >= 15 is 0 Å². The molecule has 2 heterocycles. The number of β-amino-alcohol motifs (C(OH)–C–C–N with tert-alkyl or cyclic N) is 1. The fraction of sp³-hybridized carbons (Fsp3) is 0.680. The van der Waals surface area contributed by atoms with Gasteiger partial charge in [0.1, 0.15) is 0 Å². The third-order valence-corrected chi connectivity index (χ3v) is 6.50. The molecule has 1 fully saturated rings. The third-order valence-electron chi connectivity index (χ3n) is 6.50. The highest BCUT2D eigenvalue weighted by Crippen LogP contribution is 2.26. The Balaban J connectivity index is 1.82. The Morgan fingerprint density at radius 2 is 1.72 bits per heavy atom. The Morgan fingerprint density at radius 3 is 2.44 bits per heavy atom. The number of hydrogen-bond acceptors (Lipinski definition) is 5. The molecule has 178 valence electrons. The molecule has 1 aromatic carbocycles. The van der Waals surface area contributed by atoms with Crippen molar-refractivity contribution in [3.8, 4) is 0 Å². The molecule has 0 bridgehead atoms. The van der Waals surface area contributed by atoms with E-state index in [1.807, 2.05) is 41.8 Å². The van der Waals surface area contributed by atoms with Crippen LogP contribution in [0.2, 0.25) is 0 Å². The highest BCUT2D eigenvalue weighted by atomic mass is 16.3. The molecule has 32 heavy (non-hydrogen) atoms. The molecule has 0 radical (unpaired) electrons. The summed E-state index contributed by atoms with van der Waals surface area (Å²) in [4.78, 5) is 32.3. The van der Waals surface area contributed by atoms with Gasteiger partial charge in [-0.25, -0.2) is 0 Å². The summed E-state index contributed by atoms with van der Waals surface area (Å²) in [6, 6.07) is 5.84. The Labute approximate surface area is 192 Å². The van der Waals surface area contributed by atoms with Crippen LogP contribution >= 0.6 is 0 Å². The average Bonchev–Trinajstić information content (AvgIpc) is 2.79. The molecule has 0 aliphatic carbocycles. The van der Waals surface area contributed by atoms with Crippen molar-refractivity contribution >= 4 is 17.5 Å². The predicted molar refractivity (Wildman–Crippen MR) is 128 cm³/mol. The van der Waals surface area contributed by atoms with Crippen LogP contribution in [0.5, 0.6) is 0 Å². The standard InChI is InChI=1S/C25H40N4O3/c1-20(2)24(31)29-11-7-5-3-4-6-10-26-19-22-18-21(8-9-23(22)29)25(32)28-14-12-27(13-15-28)16-17-30/h8-9,18,20,26,30H,3-7,10-17,19H2,1-2H3. The normalized spacial score (nSPS) is 19.2. The van der Waals surface area contributed by atoms with Gasteiger partial charge in [0.05, 0.1) is 6.61 Å². The molecule has 7 nitrogen and oxygen atoms in total. The van der Waals surface area contributed by atoms with Gasteiger partial charge in [-0.3, -0.25) is 14.5 Å². The molecule has 1 saturated heterocycles. The van der Waals surface area contributed by atoms with Crippen LogP contribution < -0.4 is 10.2 Å². The highest BCUT2D eigenvalue weighted by molar-refractivity contribution is 5.98. The van der Waals surface area contributed by atoms with Crippen LogP contribution in [-0.4, -0.2) is 79.1 Å². The van der Waals surface area contributed by atoms with Crippen molar-refractivity contribution in [1.82, 2.24) is 15.1 Å². The van der Waals surface area contributed by atoms with E-state index in [1.165, 1.54) is 12.8 Å². The topological polar surface area (TPSA) is 76.1 Å². The summed E-state index contributed by atoms with van der Waals surface area (Å²) in [5.74, 6) is 0.118. The number of hydrogen-bond donors (Lipinski definition) is 2. The van der Waals surface area contributed by atoms with Gasteiger partial charge >= 0.3 is 0 Å². The van der Waals surface area contributed by atoms with Crippen LogP contribution in [0.15, 0.2) is 18.2 Å². The highest BCUT2D eigenvalue weighted by Gasteiger charge is 2.25. The Kier molecular flexibility index (Phi) is 9.51. The van der Waals surface area contributed by atoms with Crippen LogP contribution in [0, 0.1) is 5.92 Å². The lowest BCUT2D eigenvalue weighted by Crippen LogP contribution is -2.49. The molecule has 2 aliphatic heterocycles. The lowest BCUT2D eigenvalue weighted by molar-refractivity contribution is -0.121. The van der Waals surface area contributed by atoms with Gasteiger partial charge in [0.25, 0.3) is 5.91 Å². The van der Waals surface area contributed by atoms with Crippen LogP contribution in [0.25, 0.3) is 0 Å². The van der Waals surface area contributed by atoms with Gasteiger partial charge < -0.3 is 20.2 Å². The first-order valence-electron chi connectivity index (χ1n) is 12.3. The van der Waals surface area contributed by atoms with Crippen LogP contribution in [0.1, 0.15) is 61.9 Å². The number of piperazine rings is 1. The van der Waals surface area contributed by atoms with Gasteiger partial charge in [-0.15, -0.1) is 0 Å². The number of nitrogens with one attached hydrogen (secondary N) is 1. The summed E-state index contributed by atoms with van der Waals surface area (Å²) in [6.45, 7) is 9.96. The Hall–Kier alpha value is -1.96. The van der Waals surface area contributed by atoms with E-state index in [4.69, 9.17) is 5.11 Å².